The fourth-order valence-electron chi connectivity index (χ4n) is 1.46. The number of aromatic nitrogens is 2. The van der Waals surface area contributed by atoms with Gasteiger partial charge in [0.15, 0.2) is 0 Å². The van der Waals surface area contributed by atoms with Crippen LogP contribution in [0.5, 0.6) is 11.6 Å². The van der Waals surface area contributed by atoms with Crippen LogP contribution < -0.4 is 16.0 Å². The number of nitrogen functional groups attached to an aromatic ring is 1. The Morgan fingerprint density at radius 3 is 2.60 bits per heavy atom. The third-order valence-corrected chi connectivity index (χ3v) is 3.13. The van der Waals surface area contributed by atoms with Crippen molar-refractivity contribution >= 4 is 23.3 Å². The zero-order valence-corrected chi connectivity index (χ0v) is 11.3. The molecule has 0 unspecified atom stereocenters. The van der Waals surface area contributed by atoms with Crippen molar-refractivity contribution in [1.82, 2.24) is 9.97 Å². The molecule has 1 heterocycles. The minimum atomic E-state index is -0.652. The molecule has 2 rings (SSSR count). The van der Waals surface area contributed by atoms with Crippen molar-refractivity contribution in [2.24, 2.45) is 5.84 Å². The van der Waals surface area contributed by atoms with Gasteiger partial charge in [-0.05, 0) is 30.5 Å². The Balaban J connectivity index is 2.34. The Hall–Kier alpha value is -2.39. The number of thioether (sulfide) groups is 1. The van der Waals surface area contributed by atoms with E-state index in [4.69, 9.17) is 10.6 Å². The molecule has 1 aromatic carbocycles. The molecule has 20 heavy (non-hydrogen) atoms. The van der Waals surface area contributed by atoms with E-state index in [9.17, 15) is 10.1 Å². The van der Waals surface area contributed by atoms with E-state index in [1.54, 1.807) is 23.9 Å². The first-order chi connectivity index (χ1) is 9.65. The molecule has 3 N–H and O–H groups in total. The molecule has 9 heteroatoms. The van der Waals surface area contributed by atoms with Gasteiger partial charge in [0.1, 0.15) is 12.1 Å². The summed E-state index contributed by atoms with van der Waals surface area (Å²) in [5.41, 5.74) is 1.73. The zero-order valence-electron chi connectivity index (χ0n) is 10.4. The van der Waals surface area contributed by atoms with Crippen LogP contribution in [0.4, 0.5) is 11.5 Å². The molecule has 1 aromatic heterocycles. The Kier molecular flexibility index (Phi) is 4.33. The van der Waals surface area contributed by atoms with Gasteiger partial charge < -0.3 is 10.2 Å². The molecule has 0 saturated heterocycles. The number of rotatable bonds is 5. The zero-order chi connectivity index (χ0) is 14.5. The smallest absolute Gasteiger partial charge is 0.374 e. The van der Waals surface area contributed by atoms with Crippen LogP contribution in [-0.4, -0.2) is 21.1 Å². The van der Waals surface area contributed by atoms with Crippen LogP contribution in [0.2, 0.25) is 0 Å². The Morgan fingerprint density at radius 2 is 2.05 bits per heavy atom. The first kappa shape index (κ1) is 14.0. The van der Waals surface area contributed by atoms with Gasteiger partial charge in [0.05, 0.1) is 4.92 Å². The minimum Gasteiger partial charge on any atom is -0.434 e. The molecule has 0 saturated carbocycles. The van der Waals surface area contributed by atoms with Gasteiger partial charge >= 0.3 is 11.6 Å². The van der Waals surface area contributed by atoms with Crippen molar-refractivity contribution < 1.29 is 9.66 Å². The van der Waals surface area contributed by atoms with E-state index in [1.165, 1.54) is 0 Å². The van der Waals surface area contributed by atoms with Crippen LogP contribution in [0, 0.1) is 10.1 Å². The number of hydrogen-bond acceptors (Lipinski definition) is 8. The van der Waals surface area contributed by atoms with Crippen molar-refractivity contribution in [3.05, 3.63) is 40.7 Å². The fraction of sp³-hybridized carbons (Fsp3) is 0.0909. The molecule has 0 aliphatic carbocycles. The van der Waals surface area contributed by atoms with Crippen LogP contribution in [-0.2, 0) is 0 Å². The van der Waals surface area contributed by atoms with Crippen LogP contribution in [0.3, 0.4) is 0 Å². The van der Waals surface area contributed by atoms with Gasteiger partial charge in [-0.3, -0.25) is 10.1 Å². The van der Waals surface area contributed by atoms with Gasteiger partial charge in [0.2, 0.25) is 5.82 Å². The van der Waals surface area contributed by atoms with Crippen molar-refractivity contribution in [3.63, 3.8) is 0 Å². The van der Waals surface area contributed by atoms with E-state index in [-0.39, 0.29) is 11.7 Å². The number of hydrazine groups is 1. The number of nitro groups is 1. The molecule has 0 aliphatic rings. The van der Waals surface area contributed by atoms with Crippen LogP contribution in [0.1, 0.15) is 0 Å². The summed E-state index contributed by atoms with van der Waals surface area (Å²) in [6.45, 7) is 0. The van der Waals surface area contributed by atoms with Gasteiger partial charge in [-0.1, -0.05) is 0 Å². The first-order valence-corrected chi connectivity index (χ1v) is 6.66. The number of nitrogens with zero attached hydrogens (tertiary/aromatic N) is 3. The predicted molar refractivity (Wildman–Crippen MR) is 74.8 cm³/mol. The summed E-state index contributed by atoms with van der Waals surface area (Å²) in [5.74, 6) is 5.34. The summed E-state index contributed by atoms with van der Waals surface area (Å²) in [6, 6.07) is 7.09. The van der Waals surface area contributed by atoms with Gasteiger partial charge in [-0.2, -0.15) is 4.98 Å². The van der Waals surface area contributed by atoms with Gasteiger partial charge in [0.25, 0.3) is 0 Å². The quantitative estimate of drug-likeness (QED) is 0.373. The van der Waals surface area contributed by atoms with E-state index in [0.29, 0.717) is 5.75 Å². The van der Waals surface area contributed by atoms with Crippen LogP contribution in [0.25, 0.3) is 0 Å². The van der Waals surface area contributed by atoms with Crippen molar-refractivity contribution in [1.29, 1.82) is 0 Å². The Labute approximate surface area is 118 Å². The highest BCUT2D eigenvalue weighted by Crippen LogP contribution is 2.33. The monoisotopic (exact) mass is 293 g/mol. The molecule has 0 aliphatic heterocycles. The van der Waals surface area contributed by atoms with E-state index < -0.39 is 10.6 Å². The second-order valence-electron chi connectivity index (χ2n) is 3.56. The number of ether oxygens (including phenoxy) is 1. The molecule has 0 spiro atoms. The average Bonchev–Trinajstić information content (AvgIpc) is 2.47. The largest absolute Gasteiger partial charge is 0.434 e. The second kappa shape index (κ2) is 6.17. The lowest BCUT2D eigenvalue weighted by molar-refractivity contribution is -0.385. The van der Waals surface area contributed by atoms with Crippen molar-refractivity contribution in [3.8, 4) is 11.6 Å². The fourth-order valence-corrected chi connectivity index (χ4v) is 1.87. The lowest BCUT2D eigenvalue weighted by atomic mass is 10.3. The summed E-state index contributed by atoms with van der Waals surface area (Å²) in [4.78, 5) is 18.9. The maximum Gasteiger partial charge on any atom is 0.374 e. The number of benzene rings is 1. The van der Waals surface area contributed by atoms with Gasteiger partial charge in [-0.25, -0.2) is 10.8 Å². The number of nitrogens with one attached hydrogen (secondary N) is 1. The summed E-state index contributed by atoms with van der Waals surface area (Å²) in [7, 11) is 0. The molecule has 0 bridgehead atoms. The summed E-state index contributed by atoms with van der Waals surface area (Å²) in [6.07, 6.45) is 3.08. The molecule has 0 fully saturated rings. The highest BCUT2D eigenvalue weighted by Gasteiger charge is 2.24. The Morgan fingerprint density at radius 1 is 1.35 bits per heavy atom. The number of nitrogens with two attached hydrogens (primary N) is 1. The van der Waals surface area contributed by atoms with Crippen molar-refractivity contribution in [2.45, 2.75) is 4.90 Å². The number of anilines is 1. The highest BCUT2D eigenvalue weighted by molar-refractivity contribution is 7.98. The van der Waals surface area contributed by atoms with E-state index in [0.717, 1.165) is 11.2 Å². The molecule has 2 aromatic rings. The normalized spacial score (nSPS) is 10.1. The van der Waals surface area contributed by atoms with Gasteiger partial charge in [-0.15, -0.1) is 11.8 Å². The number of hydrogen-bond donors (Lipinski definition) is 2. The maximum absolute atomic E-state index is 11.0. The minimum absolute atomic E-state index is 0.110. The van der Waals surface area contributed by atoms with E-state index >= 15 is 0 Å². The van der Waals surface area contributed by atoms with Crippen LogP contribution in [0.15, 0.2) is 35.5 Å². The van der Waals surface area contributed by atoms with E-state index in [2.05, 4.69) is 15.4 Å². The predicted octanol–water partition coefficient (Wildman–Crippen LogP) is 2.18. The summed E-state index contributed by atoms with van der Waals surface area (Å²) < 4.78 is 5.42. The molecular weight excluding hydrogens is 282 g/mol. The molecule has 104 valence electrons. The maximum atomic E-state index is 11.0. The van der Waals surface area contributed by atoms with E-state index in [1.807, 2.05) is 18.4 Å². The average molecular weight is 293 g/mol. The Bertz CT molecular complexity index is 620. The topological polar surface area (TPSA) is 116 Å². The summed E-state index contributed by atoms with van der Waals surface area (Å²) >= 11 is 1.58. The molecule has 0 amide bonds. The molecular formula is C11H11N5O3S. The molecule has 0 atom stereocenters. The highest BCUT2D eigenvalue weighted by atomic mass is 32.2. The SMILES string of the molecule is CSc1ccc(Oc2ncnc(NN)c2[N+](=O)[O-])cc1. The third kappa shape index (κ3) is 2.95. The van der Waals surface area contributed by atoms with Crippen molar-refractivity contribution in [2.75, 3.05) is 11.7 Å². The van der Waals surface area contributed by atoms with Gasteiger partial charge in [0, 0.05) is 4.90 Å². The second-order valence-corrected chi connectivity index (χ2v) is 4.43. The third-order valence-electron chi connectivity index (χ3n) is 2.38. The first-order valence-electron chi connectivity index (χ1n) is 5.43. The lowest BCUT2D eigenvalue weighted by Gasteiger charge is -2.07. The molecule has 0 radical (unpaired) electrons. The lowest BCUT2D eigenvalue weighted by Crippen LogP contribution is -2.12. The van der Waals surface area contributed by atoms with Crippen LogP contribution >= 0.6 is 11.8 Å². The molecule has 8 nitrogen and oxygen atoms in total. The summed E-state index contributed by atoms with van der Waals surface area (Å²) in [5, 5.41) is 11.0. The standard InChI is InChI=1S/C11H11N5O3S/c1-20-8-4-2-7(3-5-8)19-11-9(16(17)18)10(15-12)13-6-14-11/h2-6H,12H2,1H3,(H,13,14,15).